The predicted molar refractivity (Wildman–Crippen MR) is 105 cm³/mol. The molecule has 2 aromatic heterocycles. The zero-order chi connectivity index (χ0) is 18.6. The number of benzene rings is 1. The van der Waals surface area contributed by atoms with E-state index in [0.29, 0.717) is 19.6 Å². The van der Waals surface area contributed by atoms with Crippen LogP contribution in [0.4, 0.5) is 10.6 Å². The quantitative estimate of drug-likeness (QED) is 0.774. The molecule has 3 heterocycles. The van der Waals surface area contributed by atoms with Crippen LogP contribution in [0.5, 0.6) is 0 Å². The van der Waals surface area contributed by atoms with Crippen LogP contribution >= 0.6 is 0 Å². The molecule has 0 atom stereocenters. The smallest absolute Gasteiger partial charge is 0.317 e. The maximum absolute atomic E-state index is 12.5. The van der Waals surface area contributed by atoms with E-state index in [0.717, 1.165) is 41.2 Å². The van der Waals surface area contributed by atoms with Crippen molar-refractivity contribution in [3.63, 3.8) is 0 Å². The van der Waals surface area contributed by atoms with Gasteiger partial charge in [-0.3, -0.25) is 4.98 Å². The molecule has 2 amide bonds. The van der Waals surface area contributed by atoms with Gasteiger partial charge in [0.15, 0.2) is 0 Å². The predicted octanol–water partition coefficient (Wildman–Crippen LogP) is 2.37. The summed E-state index contributed by atoms with van der Waals surface area (Å²) in [5.74, 6) is 1.69. The number of piperazine rings is 1. The standard InChI is InChI=1S/C20H22N6O/c1-15-21-8-6-19(24-15)25-9-11-26(12-10-25)20(27)23-14-16-4-5-18-17(13-16)3-2-7-22-18/h2-8,13H,9-12,14H2,1H3,(H,23,27). The summed E-state index contributed by atoms with van der Waals surface area (Å²) in [6, 6.07) is 11.9. The van der Waals surface area contributed by atoms with Crippen LogP contribution < -0.4 is 10.2 Å². The zero-order valence-corrected chi connectivity index (χ0v) is 15.3. The lowest BCUT2D eigenvalue weighted by molar-refractivity contribution is 0.194. The zero-order valence-electron chi connectivity index (χ0n) is 15.3. The third-order valence-corrected chi connectivity index (χ3v) is 4.76. The number of urea groups is 1. The number of anilines is 1. The molecule has 1 fully saturated rings. The van der Waals surface area contributed by atoms with Gasteiger partial charge in [0.25, 0.3) is 0 Å². The number of carbonyl (C=O) groups is 1. The van der Waals surface area contributed by atoms with E-state index in [-0.39, 0.29) is 6.03 Å². The minimum Gasteiger partial charge on any atom is -0.353 e. The third-order valence-electron chi connectivity index (χ3n) is 4.76. The molecule has 1 saturated heterocycles. The fraction of sp³-hybridized carbons (Fsp3) is 0.300. The van der Waals surface area contributed by atoms with Gasteiger partial charge in [-0.2, -0.15) is 0 Å². The van der Waals surface area contributed by atoms with Crippen molar-refractivity contribution in [2.75, 3.05) is 31.1 Å². The first-order chi connectivity index (χ1) is 13.2. The van der Waals surface area contributed by atoms with Gasteiger partial charge in [-0.1, -0.05) is 12.1 Å². The molecule has 138 valence electrons. The number of aryl methyl sites for hydroxylation is 1. The molecule has 0 unspecified atom stereocenters. The fourth-order valence-corrected chi connectivity index (χ4v) is 3.28. The average Bonchev–Trinajstić information content (AvgIpc) is 2.72. The lowest BCUT2D eigenvalue weighted by Gasteiger charge is -2.35. The van der Waals surface area contributed by atoms with Crippen LogP contribution in [0.15, 0.2) is 48.8 Å². The largest absolute Gasteiger partial charge is 0.353 e. The van der Waals surface area contributed by atoms with Crippen molar-refractivity contribution in [1.29, 1.82) is 0 Å². The summed E-state index contributed by atoms with van der Waals surface area (Å²) in [5, 5.41) is 4.10. The van der Waals surface area contributed by atoms with Crippen LogP contribution in [0.1, 0.15) is 11.4 Å². The Morgan fingerprint density at radius 3 is 2.74 bits per heavy atom. The van der Waals surface area contributed by atoms with Crippen molar-refractivity contribution < 1.29 is 4.79 Å². The second-order valence-corrected chi connectivity index (χ2v) is 6.63. The molecule has 7 nitrogen and oxygen atoms in total. The topological polar surface area (TPSA) is 74.2 Å². The summed E-state index contributed by atoms with van der Waals surface area (Å²) in [6.45, 7) is 5.29. The normalized spacial score (nSPS) is 14.4. The number of fused-ring (bicyclic) bond motifs is 1. The highest BCUT2D eigenvalue weighted by atomic mass is 16.2. The molecule has 7 heteroatoms. The Morgan fingerprint density at radius 2 is 1.93 bits per heavy atom. The number of hydrogen-bond acceptors (Lipinski definition) is 5. The summed E-state index contributed by atoms with van der Waals surface area (Å²) in [5.41, 5.74) is 2.03. The highest BCUT2D eigenvalue weighted by Gasteiger charge is 2.21. The van der Waals surface area contributed by atoms with Crippen molar-refractivity contribution in [2.24, 2.45) is 0 Å². The van der Waals surface area contributed by atoms with Crippen molar-refractivity contribution >= 4 is 22.8 Å². The highest BCUT2D eigenvalue weighted by molar-refractivity contribution is 5.79. The summed E-state index contributed by atoms with van der Waals surface area (Å²) < 4.78 is 0. The first kappa shape index (κ1) is 17.2. The minimum absolute atomic E-state index is 0.0280. The summed E-state index contributed by atoms with van der Waals surface area (Å²) in [6.07, 6.45) is 3.56. The molecular weight excluding hydrogens is 340 g/mol. The molecule has 1 N–H and O–H groups in total. The van der Waals surface area contributed by atoms with Crippen LogP contribution in [0, 0.1) is 6.92 Å². The lowest BCUT2D eigenvalue weighted by atomic mass is 10.1. The van der Waals surface area contributed by atoms with Gasteiger partial charge < -0.3 is 15.1 Å². The van der Waals surface area contributed by atoms with Crippen LogP contribution in [0.3, 0.4) is 0 Å². The van der Waals surface area contributed by atoms with E-state index in [1.54, 1.807) is 12.4 Å². The number of pyridine rings is 1. The molecule has 3 aromatic rings. The van der Waals surface area contributed by atoms with Gasteiger partial charge in [-0.15, -0.1) is 0 Å². The lowest BCUT2D eigenvalue weighted by Crippen LogP contribution is -2.51. The van der Waals surface area contributed by atoms with Crippen LogP contribution in [-0.4, -0.2) is 52.1 Å². The van der Waals surface area contributed by atoms with Crippen LogP contribution in [0.2, 0.25) is 0 Å². The Balaban J connectivity index is 1.31. The Kier molecular flexibility index (Phi) is 4.82. The van der Waals surface area contributed by atoms with Gasteiger partial charge in [0.05, 0.1) is 5.52 Å². The molecule has 4 rings (SSSR count). The van der Waals surface area contributed by atoms with E-state index in [2.05, 4.69) is 31.2 Å². The first-order valence-electron chi connectivity index (χ1n) is 9.10. The Labute approximate surface area is 158 Å². The maximum atomic E-state index is 12.5. The SMILES string of the molecule is Cc1nccc(N2CCN(C(=O)NCc3ccc4ncccc4c3)CC2)n1. The van der Waals surface area contributed by atoms with Gasteiger partial charge >= 0.3 is 6.03 Å². The van der Waals surface area contributed by atoms with E-state index in [1.165, 1.54) is 0 Å². The van der Waals surface area contributed by atoms with E-state index < -0.39 is 0 Å². The summed E-state index contributed by atoms with van der Waals surface area (Å²) in [7, 11) is 0. The van der Waals surface area contributed by atoms with E-state index in [4.69, 9.17) is 0 Å². The van der Waals surface area contributed by atoms with Gasteiger partial charge in [0.2, 0.25) is 0 Å². The minimum atomic E-state index is -0.0280. The molecule has 1 aliphatic rings. The number of nitrogens with zero attached hydrogens (tertiary/aromatic N) is 5. The summed E-state index contributed by atoms with van der Waals surface area (Å²) in [4.78, 5) is 29.4. The van der Waals surface area contributed by atoms with E-state index in [9.17, 15) is 4.79 Å². The van der Waals surface area contributed by atoms with Crippen molar-refractivity contribution in [3.05, 3.63) is 60.2 Å². The monoisotopic (exact) mass is 362 g/mol. The Bertz CT molecular complexity index is 952. The first-order valence-corrected chi connectivity index (χ1v) is 9.10. The van der Waals surface area contributed by atoms with Gasteiger partial charge in [0.1, 0.15) is 11.6 Å². The van der Waals surface area contributed by atoms with Crippen molar-refractivity contribution in [1.82, 2.24) is 25.2 Å². The third kappa shape index (κ3) is 3.97. The average molecular weight is 362 g/mol. The second kappa shape index (κ2) is 7.57. The molecule has 27 heavy (non-hydrogen) atoms. The highest BCUT2D eigenvalue weighted by Crippen LogP contribution is 2.15. The van der Waals surface area contributed by atoms with E-state index >= 15 is 0 Å². The maximum Gasteiger partial charge on any atom is 0.317 e. The molecule has 0 radical (unpaired) electrons. The van der Waals surface area contributed by atoms with Crippen molar-refractivity contribution in [2.45, 2.75) is 13.5 Å². The fourth-order valence-electron chi connectivity index (χ4n) is 3.28. The molecule has 0 saturated carbocycles. The van der Waals surface area contributed by atoms with Crippen LogP contribution in [0.25, 0.3) is 10.9 Å². The molecule has 1 aliphatic heterocycles. The molecule has 0 aliphatic carbocycles. The molecule has 1 aromatic carbocycles. The second-order valence-electron chi connectivity index (χ2n) is 6.63. The number of carbonyl (C=O) groups excluding carboxylic acids is 1. The van der Waals surface area contributed by atoms with E-state index in [1.807, 2.05) is 42.2 Å². The summed E-state index contributed by atoms with van der Waals surface area (Å²) >= 11 is 0. The number of nitrogens with one attached hydrogen (secondary N) is 1. The molecule has 0 bridgehead atoms. The molecule has 0 spiro atoms. The van der Waals surface area contributed by atoms with Gasteiger partial charge in [-0.25, -0.2) is 14.8 Å². The van der Waals surface area contributed by atoms with Gasteiger partial charge in [0, 0.05) is 50.5 Å². The van der Waals surface area contributed by atoms with Gasteiger partial charge in [-0.05, 0) is 36.8 Å². The molecular formula is C20H22N6O. The Morgan fingerprint density at radius 1 is 1.07 bits per heavy atom. The number of rotatable bonds is 3. The Hall–Kier alpha value is -3.22. The number of aromatic nitrogens is 3. The van der Waals surface area contributed by atoms with Crippen molar-refractivity contribution in [3.8, 4) is 0 Å². The number of hydrogen-bond donors (Lipinski definition) is 1. The van der Waals surface area contributed by atoms with Crippen LogP contribution in [-0.2, 0) is 6.54 Å². The number of amides is 2.